The highest BCUT2D eigenvalue weighted by Crippen LogP contribution is 2.25. The van der Waals surface area contributed by atoms with Gasteiger partial charge in [-0.25, -0.2) is 0 Å². The fraction of sp³-hybridized carbons (Fsp3) is 0.938. The number of nitrogens with one attached hydrogen (secondary N) is 1. The molecule has 0 aromatic heterocycles. The summed E-state index contributed by atoms with van der Waals surface area (Å²) in [5.74, 6) is 0.715. The monoisotopic (exact) mass is 283 g/mol. The van der Waals surface area contributed by atoms with Crippen molar-refractivity contribution in [3.63, 3.8) is 0 Å². The van der Waals surface area contributed by atoms with Gasteiger partial charge in [-0.1, -0.05) is 6.42 Å². The van der Waals surface area contributed by atoms with E-state index in [4.69, 9.17) is 5.73 Å². The van der Waals surface area contributed by atoms with Crippen LogP contribution in [0, 0.1) is 5.92 Å². The van der Waals surface area contributed by atoms with Crippen LogP contribution >= 0.6 is 0 Å². The zero-order valence-corrected chi connectivity index (χ0v) is 13.5. The van der Waals surface area contributed by atoms with Crippen molar-refractivity contribution < 1.29 is 4.79 Å². The molecule has 1 amide bonds. The Kier molecular flexibility index (Phi) is 8.15. The number of hydrogen-bond donors (Lipinski definition) is 2. The fourth-order valence-corrected chi connectivity index (χ4v) is 2.82. The topological polar surface area (TPSA) is 58.4 Å². The molecule has 0 saturated heterocycles. The highest BCUT2D eigenvalue weighted by Gasteiger charge is 2.21. The molecule has 0 aliphatic heterocycles. The van der Waals surface area contributed by atoms with E-state index in [9.17, 15) is 4.79 Å². The summed E-state index contributed by atoms with van der Waals surface area (Å²) in [6, 6.07) is 0.910. The number of hydrogen-bond acceptors (Lipinski definition) is 3. The van der Waals surface area contributed by atoms with Crippen molar-refractivity contribution in [3.8, 4) is 0 Å². The maximum Gasteiger partial charge on any atom is 0.220 e. The van der Waals surface area contributed by atoms with Gasteiger partial charge in [0.2, 0.25) is 5.91 Å². The molecule has 1 fully saturated rings. The average Bonchev–Trinajstić information content (AvgIpc) is 2.37. The van der Waals surface area contributed by atoms with E-state index >= 15 is 0 Å². The maximum atomic E-state index is 11.9. The quantitative estimate of drug-likeness (QED) is 0.671. The number of nitrogens with zero attached hydrogens (tertiary/aromatic N) is 1. The Labute approximate surface area is 124 Å². The SMILES string of the molecule is CC(C)N(C)CCCCNC(=O)CC1CCCC(N)C1. The summed E-state index contributed by atoms with van der Waals surface area (Å²) in [5, 5.41) is 3.05. The van der Waals surface area contributed by atoms with E-state index in [0.29, 0.717) is 24.4 Å². The molecule has 0 aromatic carbocycles. The normalized spacial score (nSPS) is 23.3. The van der Waals surface area contributed by atoms with Crippen molar-refractivity contribution in [2.45, 2.75) is 70.9 Å². The number of nitrogens with two attached hydrogens (primary N) is 1. The lowest BCUT2D eigenvalue weighted by Gasteiger charge is -2.26. The minimum atomic E-state index is 0.210. The maximum absolute atomic E-state index is 11.9. The number of amides is 1. The molecule has 1 rings (SSSR count). The molecule has 118 valence electrons. The Morgan fingerprint density at radius 1 is 1.35 bits per heavy atom. The first-order chi connectivity index (χ1) is 9.49. The van der Waals surface area contributed by atoms with E-state index < -0.39 is 0 Å². The van der Waals surface area contributed by atoms with Crippen LogP contribution in [0.5, 0.6) is 0 Å². The molecule has 1 aliphatic rings. The van der Waals surface area contributed by atoms with Crippen LogP contribution in [-0.2, 0) is 4.79 Å². The van der Waals surface area contributed by atoms with Crippen LogP contribution in [0.3, 0.4) is 0 Å². The molecule has 2 atom stereocenters. The molecule has 0 radical (unpaired) electrons. The Morgan fingerprint density at radius 2 is 2.10 bits per heavy atom. The largest absolute Gasteiger partial charge is 0.356 e. The van der Waals surface area contributed by atoms with E-state index in [1.54, 1.807) is 0 Å². The fourth-order valence-electron chi connectivity index (χ4n) is 2.82. The molecule has 0 bridgehead atoms. The summed E-state index contributed by atoms with van der Waals surface area (Å²) in [4.78, 5) is 14.2. The molecular weight excluding hydrogens is 250 g/mol. The molecule has 20 heavy (non-hydrogen) atoms. The second-order valence-electron chi connectivity index (χ2n) is 6.63. The van der Waals surface area contributed by atoms with Gasteiger partial charge in [0, 0.05) is 25.0 Å². The smallest absolute Gasteiger partial charge is 0.220 e. The van der Waals surface area contributed by atoms with Crippen LogP contribution in [0.25, 0.3) is 0 Å². The highest BCUT2D eigenvalue weighted by atomic mass is 16.1. The molecule has 2 unspecified atom stereocenters. The first-order valence-corrected chi connectivity index (χ1v) is 8.21. The van der Waals surface area contributed by atoms with Gasteiger partial charge in [0.25, 0.3) is 0 Å². The van der Waals surface area contributed by atoms with Crippen LogP contribution in [0.15, 0.2) is 0 Å². The van der Waals surface area contributed by atoms with Crippen LogP contribution in [0.1, 0.15) is 58.8 Å². The lowest BCUT2D eigenvalue weighted by molar-refractivity contribution is -0.122. The van der Waals surface area contributed by atoms with Gasteiger partial charge < -0.3 is 16.0 Å². The zero-order chi connectivity index (χ0) is 15.0. The molecular formula is C16H33N3O. The predicted molar refractivity (Wildman–Crippen MR) is 84.6 cm³/mol. The van der Waals surface area contributed by atoms with Gasteiger partial charge in [0.15, 0.2) is 0 Å². The zero-order valence-electron chi connectivity index (χ0n) is 13.5. The summed E-state index contributed by atoms with van der Waals surface area (Å²) in [6.45, 7) is 6.32. The number of carbonyl (C=O) groups is 1. The van der Waals surface area contributed by atoms with Gasteiger partial charge >= 0.3 is 0 Å². The van der Waals surface area contributed by atoms with Gasteiger partial charge in [-0.2, -0.15) is 0 Å². The van der Waals surface area contributed by atoms with Crippen LogP contribution < -0.4 is 11.1 Å². The first kappa shape index (κ1) is 17.4. The average molecular weight is 283 g/mol. The van der Waals surface area contributed by atoms with Crippen LogP contribution in [0.4, 0.5) is 0 Å². The number of carbonyl (C=O) groups excluding carboxylic acids is 1. The first-order valence-electron chi connectivity index (χ1n) is 8.21. The third kappa shape index (κ3) is 7.25. The van der Waals surface area contributed by atoms with Crippen molar-refractivity contribution in [3.05, 3.63) is 0 Å². The van der Waals surface area contributed by atoms with E-state index in [2.05, 4.69) is 31.1 Å². The highest BCUT2D eigenvalue weighted by molar-refractivity contribution is 5.76. The minimum Gasteiger partial charge on any atom is -0.356 e. The van der Waals surface area contributed by atoms with Gasteiger partial charge in [0.1, 0.15) is 0 Å². The summed E-state index contributed by atoms with van der Waals surface area (Å²) in [7, 11) is 2.15. The van der Waals surface area contributed by atoms with Crippen molar-refractivity contribution in [1.82, 2.24) is 10.2 Å². The molecule has 0 spiro atoms. The summed E-state index contributed by atoms with van der Waals surface area (Å²) in [6.07, 6.45) is 7.37. The van der Waals surface area contributed by atoms with Crippen molar-refractivity contribution in [2.75, 3.05) is 20.1 Å². The molecule has 1 aliphatic carbocycles. The van der Waals surface area contributed by atoms with Crippen LogP contribution in [-0.4, -0.2) is 43.0 Å². The molecule has 0 heterocycles. The second kappa shape index (κ2) is 9.35. The van der Waals surface area contributed by atoms with Crippen molar-refractivity contribution in [2.24, 2.45) is 11.7 Å². The Hall–Kier alpha value is -0.610. The predicted octanol–water partition coefficient (Wildman–Crippen LogP) is 2.13. The van der Waals surface area contributed by atoms with Gasteiger partial charge in [-0.15, -0.1) is 0 Å². The lowest BCUT2D eigenvalue weighted by atomic mass is 9.84. The van der Waals surface area contributed by atoms with Crippen LogP contribution in [0.2, 0.25) is 0 Å². The summed E-state index contributed by atoms with van der Waals surface area (Å²) < 4.78 is 0. The Balaban J connectivity index is 2.02. The van der Waals surface area contributed by atoms with E-state index in [1.807, 2.05) is 0 Å². The third-order valence-electron chi connectivity index (χ3n) is 4.44. The van der Waals surface area contributed by atoms with Gasteiger partial charge in [-0.05, 0) is 65.5 Å². The van der Waals surface area contributed by atoms with Crippen molar-refractivity contribution >= 4 is 5.91 Å². The van der Waals surface area contributed by atoms with Crippen molar-refractivity contribution in [1.29, 1.82) is 0 Å². The molecule has 4 heteroatoms. The second-order valence-corrected chi connectivity index (χ2v) is 6.63. The van der Waals surface area contributed by atoms with E-state index in [-0.39, 0.29) is 5.91 Å². The van der Waals surface area contributed by atoms with E-state index in [1.165, 1.54) is 12.8 Å². The van der Waals surface area contributed by atoms with E-state index in [0.717, 1.165) is 38.8 Å². The Morgan fingerprint density at radius 3 is 2.75 bits per heavy atom. The standard InChI is InChI=1S/C16H33N3O/c1-13(2)19(3)10-5-4-9-18-16(20)12-14-7-6-8-15(17)11-14/h13-15H,4-12,17H2,1-3H3,(H,18,20). The molecule has 4 nitrogen and oxygen atoms in total. The number of rotatable bonds is 8. The third-order valence-corrected chi connectivity index (χ3v) is 4.44. The summed E-state index contributed by atoms with van der Waals surface area (Å²) >= 11 is 0. The molecule has 3 N–H and O–H groups in total. The Bertz CT molecular complexity index is 281. The molecule has 1 saturated carbocycles. The molecule has 0 aromatic rings. The minimum absolute atomic E-state index is 0.210. The number of unbranched alkanes of at least 4 members (excludes halogenated alkanes) is 1. The summed E-state index contributed by atoms with van der Waals surface area (Å²) in [5.41, 5.74) is 5.96. The van der Waals surface area contributed by atoms with Gasteiger partial charge in [0.05, 0.1) is 0 Å². The lowest BCUT2D eigenvalue weighted by Crippen LogP contribution is -2.32. The van der Waals surface area contributed by atoms with Gasteiger partial charge in [-0.3, -0.25) is 4.79 Å².